The number of nitrogens with zero attached hydrogens (tertiary/aromatic N) is 2. The van der Waals surface area contributed by atoms with Gasteiger partial charge < -0.3 is 24.6 Å². The average Bonchev–Trinajstić information content (AvgIpc) is 3.08. The standard InChI is InChI=1S/C17H25N3O4/c1-19(2)17(22)18-10-15(21)20-9-8-12(11-20)13-6-5-7-14(23-3)16(13)24-4/h5-7,12H,8-11H2,1-4H3,(H,18,22). The van der Waals surface area contributed by atoms with E-state index in [4.69, 9.17) is 9.47 Å². The summed E-state index contributed by atoms with van der Waals surface area (Å²) in [6.45, 7) is 1.29. The molecular formula is C17H25N3O4. The first-order valence-corrected chi connectivity index (χ1v) is 7.91. The molecule has 0 bridgehead atoms. The van der Waals surface area contributed by atoms with Crippen LogP contribution < -0.4 is 14.8 Å². The minimum absolute atomic E-state index is 0.0129. The third-order valence-electron chi connectivity index (χ3n) is 4.21. The van der Waals surface area contributed by atoms with E-state index in [9.17, 15) is 9.59 Å². The molecule has 1 aromatic rings. The van der Waals surface area contributed by atoms with E-state index in [0.717, 1.165) is 17.7 Å². The maximum atomic E-state index is 12.3. The molecule has 7 nitrogen and oxygen atoms in total. The maximum Gasteiger partial charge on any atom is 0.317 e. The lowest BCUT2D eigenvalue weighted by Gasteiger charge is -2.19. The van der Waals surface area contributed by atoms with E-state index in [1.54, 1.807) is 33.2 Å². The third kappa shape index (κ3) is 3.90. The van der Waals surface area contributed by atoms with Gasteiger partial charge in [-0.05, 0) is 12.5 Å². The molecule has 1 heterocycles. The van der Waals surface area contributed by atoms with E-state index in [1.807, 2.05) is 18.2 Å². The fourth-order valence-corrected chi connectivity index (χ4v) is 2.90. The second-order valence-corrected chi connectivity index (χ2v) is 5.96. The fourth-order valence-electron chi connectivity index (χ4n) is 2.90. The molecule has 1 N–H and O–H groups in total. The van der Waals surface area contributed by atoms with E-state index in [2.05, 4.69) is 5.32 Å². The van der Waals surface area contributed by atoms with Gasteiger partial charge in [0.05, 0.1) is 20.8 Å². The number of amides is 3. The van der Waals surface area contributed by atoms with Crippen molar-refractivity contribution in [2.75, 3.05) is 47.9 Å². The zero-order chi connectivity index (χ0) is 17.7. The molecule has 0 aromatic heterocycles. The number of methoxy groups -OCH3 is 2. The molecule has 3 amide bonds. The van der Waals surface area contributed by atoms with Crippen molar-refractivity contribution in [3.63, 3.8) is 0 Å². The Morgan fingerprint density at radius 3 is 2.67 bits per heavy atom. The van der Waals surface area contributed by atoms with Gasteiger partial charge in [0.1, 0.15) is 0 Å². The SMILES string of the molecule is COc1cccc(C2CCN(C(=O)CNC(=O)N(C)C)C2)c1OC. The first kappa shape index (κ1) is 17.9. The van der Waals surface area contributed by atoms with Gasteiger partial charge in [0.2, 0.25) is 5.91 Å². The molecule has 1 aliphatic rings. The average molecular weight is 335 g/mol. The smallest absolute Gasteiger partial charge is 0.317 e. The molecule has 2 rings (SSSR count). The Morgan fingerprint density at radius 1 is 1.29 bits per heavy atom. The van der Waals surface area contributed by atoms with Crippen molar-refractivity contribution in [1.82, 2.24) is 15.1 Å². The summed E-state index contributed by atoms with van der Waals surface area (Å²) >= 11 is 0. The van der Waals surface area contributed by atoms with Gasteiger partial charge in [-0.25, -0.2) is 4.79 Å². The number of urea groups is 1. The van der Waals surface area contributed by atoms with Crippen LogP contribution in [0.1, 0.15) is 17.9 Å². The topological polar surface area (TPSA) is 71.1 Å². The molecule has 132 valence electrons. The highest BCUT2D eigenvalue weighted by atomic mass is 16.5. The summed E-state index contributed by atoms with van der Waals surface area (Å²) in [5, 5.41) is 2.61. The molecule has 0 saturated carbocycles. The van der Waals surface area contributed by atoms with E-state index >= 15 is 0 Å². The molecule has 1 fully saturated rings. The van der Waals surface area contributed by atoms with Crippen molar-refractivity contribution in [1.29, 1.82) is 0 Å². The number of carbonyl (C=O) groups excluding carboxylic acids is 2. The van der Waals surface area contributed by atoms with Crippen LogP contribution >= 0.6 is 0 Å². The van der Waals surface area contributed by atoms with E-state index < -0.39 is 0 Å². The van der Waals surface area contributed by atoms with E-state index in [0.29, 0.717) is 18.8 Å². The lowest BCUT2D eigenvalue weighted by atomic mass is 9.97. The van der Waals surface area contributed by atoms with Crippen LogP contribution in [0.5, 0.6) is 11.5 Å². The fraction of sp³-hybridized carbons (Fsp3) is 0.529. The van der Waals surface area contributed by atoms with Gasteiger partial charge >= 0.3 is 6.03 Å². The Labute approximate surface area is 142 Å². The minimum atomic E-state index is -0.270. The summed E-state index contributed by atoms with van der Waals surface area (Å²) in [6.07, 6.45) is 0.858. The number of likely N-dealkylation sites (tertiary alicyclic amines) is 1. The first-order chi connectivity index (χ1) is 11.5. The van der Waals surface area contributed by atoms with Crippen molar-refractivity contribution in [3.8, 4) is 11.5 Å². The van der Waals surface area contributed by atoms with Crippen LogP contribution in [-0.4, -0.2) is 69.7 Å². The molecule has 1 aliphatic heterocycles. The van der Waals surface area contributed by atoms with Gasteiger partial charge in [-0.1, -0.05) is 12.1 Å². The number of hydrogen-bond donors (Lipinski definition) is 1. The predicted molar refractivity (Wildman–Crippen MR) is 90.6 cm³/mol. The van der Waals surface area contributed by atoms with Gasteiger partial charge in [0.25, 0.3) is 0 Å². The van der Waals surface area contributed by atoms with E-state index in [1.165, 1.54) is 4.90 Å². The van der Waals surface area contributed by atoms with Gasteiger partial charge in [-0.2, -0.15) is 0 Å². The number of nitrogens with one attached hydrogen (secondary N) is 1. The largest absolute Gasteiger partial charge is 0.493 e. The van der Waals surface area contributed by atoms with Crippen molar-refractivity contribution in [3.05, 3.63) is 23.8 Å². The second kappa shape index (κ2) is 7.90. The van der Waals surface area contributed by atoms with Crippen molar-refractivity contribution in [2.45, 2.75) is 12.3 Å². The molecular weight excluding hydrogens is 310 g/mol. The summed E-state index contributed by atoms with van der Waals surface area (Å²) in [5.74, 6) is 1.54. The van der Waals surface area contributed by atoms with Gasteiger partial charge in [0.15, 0.2) is 11.5 Å². The highest BCUT2D eigenvalue weighted by Crippen LogP contribution is 2.39. The lowest BCUT2D eigenvalue weighted by Crippen LogP contribution is -2.42. The number of rotatable bonds is 5. The van der Waals surface area contributed by atoms with Crippen LogP contribution in [0, 0.1) is 0 Å². The molecule has 7 heteroatoms. The quantitative estimate of drug-likeness (QED) is 0.880. The summed E-state index contributed by atoms with van der Waals surface area (Å²) < 4.78 is 10.8. The lowest BCUT2D eigenvalue weighted by molar-refractivity contribution is -0.129. The molecule has 0 aliphatic carbocycles. The Bertz CT molecular complexity index is 603. The Morgan fingerprint density at radius 2 is 2.04 bits per heavy atom. The van der Waals surface area contributed by atoms with Gasteiger partial charge in [-0.3, -0.25) is 4.79 Å². The Kier molecular flexibility index (Phi) is 5.89. The van der Waals surface area contributed by atoms with Crippen LogP contribution in [0.2, 0.25) is 0 Å². The normalized spacial score (nSPS) is 16.7. The minimum Gasteiger partial charge on any atom is -0.493 e. The van der Waals surface area contributed by atoms with Gasteiger partial charge in [0, 0.05) is 38.7 Å². The Balaban J connectivity index is 2.00. The number of para-hydroxylation sites is 1. The monoisotopic (exact) mass is 335 g/mol. The van der Waals surface area contributed by atoms with Crippen LogP contribution in [0.4, 0.5) is 4.79 Å². The highest BCUT2D eigenvalue weighted by molar-refractivity contribution is 5.84. The zero-order valence-corrected chi connectivity index (χ0v) is 14.7. The molecule has 0 spiro atoms. The van der Waals surface area contributed by atoms with Crippen molar-refractivity contribution in [2.24, 2.45) is 0 Å². The molecule has 1 saturated heterocycles. The van der Waals surface area contributed by atoms with Crippen molar-refractivity contribution >= 4 is 11.9 Å². The van der Waals surface area contributed by atoms with Crippen LogP contribution in [-0.2, 0) is 4.79 Å². The van der Waals surface area contributed by atoms with Crippen molar-refractivity contribution < 1.29 is 19.1 Å². The first-order valence-electron chi connectivity index (χ1n) is 7.91. The summed E-state index contributed by atoms with van der Waals surface area (Å²) in [7, 11) is 6.51. The maximum absolute atomic E-state index is 12.3. The highest BCUT2D eigenvalue weighted by Gasteiger charge is 2.30. The molecule has 1 unspecified atom stereocenters. The predicted octanol–water partition coefficient (Wildman–Crippen LogP) is 1.29. The van der Waals surface area contributed by atoms with Crippen LogP contribution in [0.25, 0.3) is 0 Å². The molecule has 0 radical (unpaired) electrons. The van der Waals surface area contributed by atoms with Crippen LogP contribution in [0.15, 0.2) is 18.2 Å². The number of benzene rings is 1. The number of ether oxygens (including phenoxy) is 2. The number of carbonyl (C=O) groups is 2. The Hall–Kier alpha value is -2.44. The second-order valence-electron chi connectivity index (χ2n) is 5.96. The summed E-state index contributed by atoms with van der Waals surface area (Å²) in [6, 6.07) is 5.53. The zero-order valence-electron chi connectivity index (χ0n) is 14.7. The molecule has 1 aromatic carbocycles. The van der Waals surface area contributed by atoms with Crippen LogP contribution in [0.3, 0.4) is 0 Å². The van der Waals surface area contributed by atoms with E-state index in [-0.39, 0.29) is 24.4 Å². The molecule has 1 atom stereocenters. The molecule has 24 heavy (non-hydrogen) atoms. The van der Waals surface area contributed by atoms with Gasteiger partial charge in [-0.15, -0.1) is 0 Å². The third-order valence-corrected chi connectivity index (χ3v) is 4.21. The number of hydrogen-bond acceptors (Lipinski definition) is 4. The summed E-state index contributed by atoms with van der Waals surface area (Å²) in [5.41, 5.74) is 1.05. The summed E-state index contributed by atoms with van der Waals surface area (Å²) in [4.78, 5) is 27.0.